The van der Waals surface area contributed by atoms with Gasteiger partial charge in [-0.25, -0.2) is 0 Å². The van der Waals surface area contributed by atoms with Crippen LogP contribution in [-0.2, 0) is 53.2 Å². The first-order chi connectivity index (χ1) is 26.4. The van der Waals surface area contributed by atoms with Gasteiger partial charge in [0.05, 0.1) is 44.6 Å². The van der Waals surface area contributed by atoms with E-state index in [1.807, 2.05) is 91.0 Å². The number of hydrogen-bond donors (Lipinski definition) is 1. The van der Waals surface area contributed by atoms with Gasteiger partial charge in [0.25, 0.3) is 0 Å². The number of hydrogen-bond acceptors (Lipinski definition) is 9. The lowest BCUT2D eigenvalue weighted by molar-refractivity contribution is -0.138. The molecular formula is C47H69NO8. The van der Waals surface area contributed by atoms with Crippen molar-refractivity contribution in [3.8, 4) is 0 Å². The number of ether oxygens (including phenoxy) is 3. The molecule has 1 N–H and O–H groups in total. The van der Waals surface area contributed by atoms with Gasteiger partial charge in [-0.15, -0.1) is 0 Å². The highest BCUT2D eigenvalue weighted by molar-refractivity contribution is 6.05. The Kier molecular flexibility index (Phi) is 26.8. The van der Waals surface area contributed by atoms with Crippen LogP contribution in [0.3, 0.4) is 0 Å². The van der Waals surface area contributed by atoms with Crippen molar-refractivity contribution >= 4 is 23.6 Å². The van der Waals surface area contributed by atoms with E-state index < -0.39 is 16.9 Å². The van der Waals surface area contributed by atoms with E-state index in [2.05, 4.69) is 39.8 Å². The molecule has 56 heavy (non-hydrogen) atoms. The van der Waals surface area contributed by atoms with Gasteiger partial charge in [-0.1, -0.05) is 110 Å². The summed E-state index contributed by atoms with van der Waals surface area (Å²) >= 11 is 0. The van der Waals surface area contributed by atoms with Crippen molar-refractivity contribution in [2.24, 2.45) is 10.8 Å². The fraction of sp³-hybridized carbons (Fsp3) is 0.489. The zero-order valence-electron chi connectivity index (χ0n) is 35.9. The highest BCUT2D eigenvalue weighted by Gasteiger charge is 2.32. The van der Waals surface area contributed by atoms with Crippen molar-refractivity contribution in [2.45, 2.75) is 108 Å². The highest BCUT2D eigenvalue weighted by atomic mass is 16.5. The number of aldehydes is 1. The van der Waals surface area contributed by atoms with Gasteiger partial charge < -0.3 is 29.0 Å². The Hall–Kier alpha value is -4.28. The van der Waals surface area contributed by atoms with Crippen LogP contribution >= 0.6 is 0 Å². The molecule has 0 saturated carbocycles. The largest absolute Gasteiger partial charge is 0.392 e. The smallest absolute Gasteiger partial charge is 0.148 e. The zero-order chi connectivity index (χ0) is 42.6. The number of rotatable bonds is 20. The van der Waals surface area contributed by atoms with Crippen molar-refractivity contribution in [1.29, 1.82) is 0 Å². The number of carbonyl (C=O) groups excluding carboxylic acids is 4. The van der Waals surface area contributed by atoms with Crippen LogP contribution in [0.1, 0.15) is 98.3 Å². The molecular weight excluding hydrogens is 707 g/mol. The predicted molar refractivity (Wildman–Crippen MR) is 226 cm³/mol. The van der Waals surface area contributed by atoms with E-state index in [0.717, 1.165) is 23.0 Å². The summed E-state index contributed by atoms with van der Waals surface area (Å²) in [5.41, 5.74) is 4.48. The summed E-state index contributed by atoms with van der Waals surface area (Å²) in [6.45, 7) is 19.1. The van der Waals surface area contributed by atoms with Crippen LogP contribution in [-0.4, -0.2) is 73.7 Å². The summed E-state index contributed by atoms with van der Waals surface area (Å²) in [7, 11) is 4.12. The molecule has 0 aliphatic carbocycles. The molecule has 1 unspecified atom stereocenters. The fourth-order valence-corrected chi connectivity index (χ4v) is 4.34. The Morgan fingerprint density at radius 3 is 1.36 bits per heavy atom. The molecule has 3 rings (SSSR count). The Morgan fingerprint density at radius 2 is 1.04 bits per heavy atom. The molecule has 310 valence electrons. The fourth-order valence-electron chi connectivity index (χ4n) is 4.34. The first kappa shape index (κ1) is 51.7. The van der Waals surface area contributed by atoms with Gasteiger partial charge in [-0.3, -0.25) is 14.4 Å². The topological polar surface area (TPSA) is 119 Å². The lowest BCUT2D eigenvalue weighted by Crippen LogP contribution is -2.36. The zero-order valence-corrected chi connectivity index (χ0v) is 35.9. The van der Waals surface area contributed by atoms with E-state index >= 15 is 0 Å². The predicted octanol–water partition coefficient (Wildman–Crippen LogP) is 9.00. The molecule has 0 fully saturated rings. The Bertz CT molecular complexity index is 1550. The molecule has 9 heteroatoms. The second-order valence-electron chi connectivity index (χ2n) is 15.0. The molecule has 1 atom stereocenters. The number of aliphatic hydroxyl groups excluding tert-OH is 1. The minimum Gasteiger partial charge on any atom is -0.392 e. The lowest BCUT2D eigenvalue weighted by Gasteiger charge is -2.27. The number of Topliss-reactive ketones (excluding diaryl/α,β-unsaturated/α-hetero) is 3. The molecule has 3 aromatic rings. The van der Waals surface area contributed by atoms with Crippen molar-refractivity contribution in [1.82, 2.24) is 4.90 Å². The monoisotopic (exact) mass is 776 g/mol. The maximum absolute atomic E-state index is 11.8. The minimum atomic E-state index is -0.893. The van der Waals surface area contributed by atoms with Gasteiger partial charge >= 0.3 is 0 Å². The molecule has 0 heterocycles. The molecule has 0 aliphatic heterocycles. The number of nitrogens with zero attached hydrogens (tertiary/aromatic N) is 1. The van der Waals surface area contributed by atoms with Crippen molar-refractivity contribution in [2.75, 3.05) is 33.9 Å². The number of aliphatic hydroxyl groups is 1. The first-order valence-corrected chi connectivity index (χ1v) is 19.2. The molecule has 0 aromatic heterocycles. The van der Waals surface area contributed by atoms with E-state index in [4.69, 9.17) is 14.2 Å². The highest BCUT2D eigenvalue weighted by Crippen LogP contribution is 2.24. The molecule has 0 bridgehead atoms. The number of ketones is 3. The van der Waals surface area contributed by atoms with E-state index in [0.29, 0.717) is 52.5 Å². The van der Waals surface area contributed by atoms with Gasteiger partial charge in [0.1, 0.15) is 23.6 Å². The van der Waals surface area contributed by atoms with Crippen LogP contribution in [0.25, 0.3) is 0 Å². The minimum absolute atomic E-state index is 0.00180. The number of allylic oxidation sites excluding steroid dienone is 2. The molecule has 9 nitrogen and oxygen atoms in total. The van der Waals surface area contributed by atoms with Crippen molar-refractivity contribution in [3.05, 3.63) is 119 Å². The van der Waals surface area contributed by atoms with Gasteiger partial charge in [0, 0.05) is 44.7 Å². The average Bonchev–Trinajstić information content (AvgIpc) is 3.18. The van der Waals surface area contributed by atoms with Crippen molar-refractivity contribution < 1.29 is 38.5 Å². The third-order valence-corrected chi connectivity index (χ3v) is 9.44. The summed E-state index contributed by atoms with van der Waals surface area (Å²) in [4.78, 5) is 46.5. The number of carbonyl (C=O) groups is 4. The third-order valence-electron chi connectivity index (χ3n) is 9.44. The van der Waals surface area contributed by atoms with Gasteiger partial charge in [0.2, 0.25) is 0 Å². The molecule has 0 radical (unpaired) electrons. The van der Waals surface area contributed by atoms with E-state index in [1.165, 1.54) is 25.1 Å². The normalized spacial score (nSPS) is 11.2. The maximum atomic E-state index is 11.8. The lowest BCUT2D eigenvalue weighted by atomic mass is 9.81. The van der Waals surface area contributed by atoms with Crippen LogP contribution in [0.15, 0.2) is 102 Å². The standard InChI is InChI=1S/C15H22O3.C15H20O3.C10H12O2.C7H15N/c2*1-12(16)15(2,3)14(17)9-10-18-11-13-7-5-4-6-8-13;11-7-4-8-12-9-10-5-2-1-3-6-10;1-6(2)7(3)8(4)5/h4-8,14,17H,9-11H2,1-3H3;4-8H,9-11H2,1-3H3;1-3,5-7H,4,8-9H2;1-5H3. The Balaban J connectivity index is 0.000000751. The molecule has 0 amide bonds. The maximum Gasteiger partial charge on any atom is 0.148 e. The van der Waals surface area contributed by atoms with Gasteiger partial charge in [-0.2, -0.15) is 0 Å². The first-order valence-electron chi connectivity index (χ1n) is 19.2. The molecule has 3 aromatic carbocycles. The molecule has 0 aliphatic rings. The quantitative estimate of drug-likeness (QED) is 0.0682. The van der Waals surface area contributed by atoms with Crippen LogP contribution in [0, 0.1) is 10.8 Å². The summed E-state index contributed by atoms with van der Waals surface area (Å²) in [5, 5.41) is 9.94. The second kappa shape index (κ2) is 29.0. The van der Waals surface area contributed by atoms with Crippen LogP contribution in [0.4, 0.5) is 0 Å². The molecule has 0 spiro atoms. The molecule has 0 saturated heterocycles. The van der Waals surface area contributed by atoms with Gasteiger partial charge in [-0.05, 0) is 71.6 Å². The summed E-state index contributed by atoms with van der Waals surface area (Å²) in [6.07, 6.45) is 1.43. The van der Waals surface area contributed by atoms with E-state index in [9.17, 15) is 24.3 Å². The van der Waals surface area contributed by atoms with Crippen LogP contribution in [0.5, 0.6) is 0 Å². The van der Waals surface area contributed by atoms with Gasteiger partial charge in [0.15, 0.2) is 0 Å². The average molecular weight is 776 g/mol. The van der Waals surface area contributed by atoms with Crippen LogP contribution < -0.4 is 0 Å². The Labute approximate surface area is 337 Å². The van der Waals surface area contributed by atoms with Crippen molar-refractivity contribution in [3.63, 3.8) is 0 Å². The SMILES string of the molecule is CC(=O)C(C)(C)C(=O)CCOCc1ccccc1.CC(=O)C(C)(C)C(O)CCOCc1ccccc1.CC(C)=C(C)N(C)C.O=CCCOCc1ccccc1. The number of benzene rings is 3. The summed E-state index contributed by atoms with van der Waals surface area (Å²) < 4.78 is 16.2. The van der Waals surface area contributed by atoms with Crippen LogP contribution in [0.2, 0.25) is 0 Å². The summed E-state index contributed by atoms with van der Waals surface area (Å²) in [5.74, 6) is -0.170. The van der Waals surface area contributed by atoms with E-state index in [-0.39, 0.29) is 23.8 Å². The summed E-state index contributed by atoms with van der Waals surface area (Å²) in [6, 6.07) is 29.6. The third kappa shape index (κ3) is 22.9. The second-order valence-corrected chi connectivity index (χ2v) is 15.0. The van der Waals surface area contributed by atoms with E-state index in [1.54, 1.807) is 27.7 Å². The Morgan fingerprint density at radius 1 is 0.643 bits per heavy atom.